The highest BCUT2D eigenvalue weighted by Crippen LogP contribution is 2.29. The highest BCUT2D eigenvalue weighted by molar-refractivity contribution is 5.95. The van der Waals surface area contributed by atoms with Crippen LogP contribution >= 0.6 is 0 Å². The Morgan fingerprint density at radius 2 is 1.73 bits per heavy atom. The van der Waals surface area contributed by atoms with Gasteiger partial charge in [-0.05, 0) is 41.8 Å². The second kappa shape index (κ2) is 12.4. The Hall–Kier alpha value is -3.82. The second-order valence-corrected chi connectivity index (χ2v) is 9.25. The summed E-state index contributed by atoms with van der Waals surface area (Å²) in [5.41, 5.74) is 2.88. The maximum Gasteiger partial charge on any atom is 0.305 e. The van der Waals surface area contributed by atoms with E-state index in [2.05, 4.69) is 5.10 Å². The second-order valence-electron chi connectivity index (χ2n) is 9.25. The largest absolute Gasteiger partial charge is 0.481 e. The van der Waals surface area contributed by atoms with E-state index in [1.807, 2.05) is 44.2 Å². The zero-order valence-corrected chi connectivity index (χ0v) is 21.1. The van der Waals surface area contributed by atoms with Crippen LogP contribution in [0.15, 0.2) is 60.7 Å². The fourth-order valence-corrected chi connectivity index (χ4v) is 4.06. The number of aromatic nitrogens is 2. The predicted molar refractivity (Wildman–Crippen MR) is 138 cm³/mol. The third-order valence-corrected chi connectivity index (χ3v) is 5.82. The molecule has 0 aliphatic rings. The zero-order valence-electron chi connectivity index (χ0n) is 21.1. The van der Waals surface area contributed by atoms with Crippen LogP contribution in [0, 0.1) is 5.82 Å². The van der Waals surface area contributed by atoms with Crippen molar-refractivity contribution in [3.8, 4) is 5.69 Å². The van der Waals surface area contributed by atoms with Crippen LogP contribution in [0.2, 0.25) is 0 Å². The molecular weight excluding hydrogens is 477 g/mol. The molecular formula is C28H32FN3O5. The lowest BCUT2D eigenvalue weighted by molar-refractivity contribution is -0.139. The molecule has 0 radical (unpaired) electrons. The van der Waals surface area contributed by atoms with Crippen LogP contribution < -0.4 is 0 Å². The molecule has 2 atom stereocenters. The van der Waals surface area contributed by atoms with Gasteiger partial charge in [-0.15, -0.1) is 0 Å². The van der Waals surface area contributed by atoms with E-state index in [-0.39, 0.29) is 23.9 Å². The summed E-state index contributed by atoms with van der Waals surface area (Å²) < 4.78 is 15.1. The van der Waals surface area contributed by atoms with Gasteiger partial charge in [0.2, 0.25) is 0 Å². The van der Waals surface area contributed by atoms with E-state index in [0.29, 0.717) is 23.5 Å². The standard InChI is InChI=1S/C28H32FN3O5/c1-18(2)26-24(14-13-22(33)15-23(34)16-25(35)36)32(21-11-9-20(29)10-12-21)30-27(26)28(37)31(3)17-19-7-5-4-6-8-19/h4-14,18,22-23,33-34H,15-17H2,1-3H3,(H,35,36)/t22-,23-/m1/s1. The molecule has 0 aliphatic heterocycles. The van der Waals surface area contributed by atoms with Gasteiger partial charge in [0.25, 0.3) is 5.91 Å². The van der Waals surface area contributed by atoms with Gasteiger partial charge in [0, 0.05) is 25.6 Å². The van der Waals surface area contributed by atoms with Crippen molar-refractivity contribution < 1.29 is 29.3 Å². The van der Waals surface area contributed by atoms with Crippen LogP contribution in [0.25, 0.3) is 11.8 Å². The van der Waals surface area contributed by atoms with Gasteiger partial charge < -0.3 is 20.2 Å². The van der Waals surface area contributed by atoms with Crippen molar-refractivity contribution in [1.29, 1.82) is 0 Å². The molecule has 1 heterocycles. The molecule has 0 bridgehead atoms. The van der Waals surface area contributed by atoms with Crippen LogP contribution in [0.5, 0.6) is 0 Å². The molecule has 0 spiro atoms. The van der Waals surface area contributed by atoms with E-state index in [0.717, 1.165) is 5.56 Å². The molecule has 9 heteroatoms. The van der Waals surface area contributed by atoms with Gasteiger partial charge in [0.1, 0.15) is 5.82 Å². The summed E-state index contributed by atoms with van der Waals surface area (Å²) in [5, 5.41) is 33.7. The molecule has 0 aliphatic carbocycles. The summed E-state index contributed by atoms with van der Waals surface area (Å²) in [6.45, 7) is 4.22. The van der Waals surface area contributed by atoms with Gasteiger partial charge in [-0.2, -0.15) is 5.10 Å². The average molecular weight is 510 g/mol. The maximum atomic E-state index is 13.6. The molecule has 8 nitrogen and oxygen atoms in total. The number of nitrogens with zero attached hydrogens (tertiary/aromatic N) is 3. The van der Waals surface area contributed by atoms with Crippen LogP contribution in [-0.2, 0) is 11.3 Å². The molecule has 1 aromatic heterocycles. The van der Waals surface area contributed by atoms with Crippen molar-refractivity contribution in [3.63, 3.8) is 0 Å². The van der Waals surface area contributed by atoms with E-state index in [4.69, 9.17) is 5.11 Å². The third-order valence-electron chi connectivity index (χ3n) is 5.82. The average Bonchev–Trinajstić information content (AvgIpc) is 3.22. The first-order chi connectivity index (χ1) is 17.6. The Kier molecular flexibility index (Phi) is 9.32. The first kappa shape index (κ1) is 27.8. The van der Waals surface area contributed by atoms with Crippen LogP contribution in [0.4, 0.5) is 4.39 Å². The highest BCUT2D eigenvalue weighted by Gasteiger charge is 2.27. The van der Waals surface area contributed by atoms with Gasteiger partial charge >= 0.3 is 5.97 Å². The molecule has 196 valence electrons. The summed E-state index contributed by atoms with van der Waals surface area (Å²) in [4.78, 5) is 25.9. The van der Waals surface area contributed by atoms with Crippen molar-refractivity contribution in [2.24, 2.45) is 0 Å². The Labute approximate surface area is 215 Å². The number of hydrogen-bond donors (Lipinski definition) is 3. The number of aliphatic carboxylic acids is 1. The molecule has 0 fully saturated rings. The smallest absolute Gasteiger partial charge is 0.305 e. The van der Waals surface area contributed by atoms with Crippen molar-refractivity contribution >= 4 is 18.0 Å². The molecule has 3 aromatic rings. The topological polar surface area (TPSA) is 116 Å². The van der Waals surface area contributed by atoms with Crippen LogP contribution in [0.3, 0.4) is 0 Å². The van der Waals surface area contributed by atoms with Gasteiger partial charge in [-0.3, -0.25) is 9.59 Å². The number of carbonyl (C=O) groups excluding carboxylic acids is 1. The summed E-state index contributed by atoms with van der Waals surface area (Å²) in [6.07, 6.45) is 0.0182. The minimum atomic E-state index is -1.22. The van der Waals surface area contributed by atoms with Gasteiger partial charge in [0.05, 0.1) is 30.0 Å². The van der Waals surface area contributed by atoms with E-state index in [1.165, 1.54) is 22.9 Å². The lowest BCUT2D eigenvalue weighted by Crippen LogP contribution is -2.27. The number of carbonyl (C=O) groups is 2. The minimum Gasteiger partial charge on any atom is -0.481 e. The number of halogens is 1. The van der Waals surface area contributed by atoms with E-state index in [9.17, 15) is 24.2 Å². The number of aliphatic hydroxyl groups is 2. The molecule has 0 saturated carbocycles. The first-order valence-corrected chi connectivity index (χ1v) is 12.0. The monoisotopic (exact) mass is 509 g/mol. The number of hydrogen-bond acceptors (Lipinski definition) is 5. The number of carboxylic acids is 1. The van der Waals surface area contributed by atoms with E-state index < -0.39 is 30.4 Å². The van der Waals surface area contributed by atoms with Crippen LogP contribution in [-0.4, -0.2) is 61.1 Å². The van der Waals surface area contributed by atoms with Gasteiger partial charge in [-0.1, -0.05) is 50.3 Å². The van der Waals surface area contributed by atoms with Crippen LogP contribution in [0.1, 0.15) is 59.9 Å². The Bertz CT molecular complexity index is 1240. The number of benzene rings is 2. The first-order valence-electron chi connectivity index (χ1n) is 12.0. The number of amides is 1. The fraction of sp³-hybridized carbons (Fsp3) is 0.321. The van der Waals surface area contributed by atoms with Crippen molar-refractivity contribution in [3.05, 3.63) is 89.0 Å². The van der Waals surface area contributed by atoms with Gasteiger partial charge in [-0.25, -0.2) is 9.07 Å². The summed E-state index contributed by atoms with van der Waals surface area (Å²) in [7, 11) is 1.69. The quantitative estimate of drug-likeness (QED) is 0.360. The van der Waals surface area contributed by atoms with Crippen molar-refractivity contribution in [2.45, 2.75) is 51.4 Å². The Morgan fingerprint density at radius 3 is 2.32 bits per heavy atom. The van der Waals surface area contributed by atoms with Crippen molar-refractivity contribution in [1.82, 2.24) is 14.7 Å². The minimum absolute atomic E-state index is 0.132. The summed E-state index contributed by atoms with van der Waals surface area (Å²) in [5.74, 6) is -2.00. The SMILES string of the molecule is CC(C)c1c(C(=O)N(C)Cc2ccccc2)nn(-c2ccc(F)cc2)c1C=C[C@@H](O)C[C@@H](O)CC(=O)O. The lowest BCUT2D eigenvalue weighted by Gasteiger charge is -2.17. The zero-order chi connectivity index (χ0) is 27.1. The predicted octanol–water partition coefficient (Wildman–Crippen LogP) is 4.01. The Balaban J connectivity index is 2.02. The number of aliphatic hydroxyl groups excluding tert-OH is 2. The molecule has 0 saturated heterocycles. The molecule has 2 aromatic carbocycles. The molecule has 1 amide bonds. The third kappa shape index (κ3) is 7.34. The number of rotatable bonds is 11. The van der Waals surface area contributed by atoms with Gasteiger partial charge in [0.15, 0.2) is 5.69 Å². The summed E-state index contributed by atoms with van der Waals surface area (Å²) >= 11 is 0. The van der Waals surface area contributed by atoms with E-state index >= 15 is 0 Å². The summed E-state index contributed by atoms with van der Waals surface area (Å²) in [6, 6.07) is 15.2. The van der Waals surface area contributed by atoms with E-state index in [1.54, 1.807) is 30.2 Å². The number of carboxylic acid groups (broad SMARTS) is 1. The van der Waals surface area contributed by atoms with Crippen molar-refractivity contribution in [2.75, 3.05) is 7.05 Å². The highest BCUT2D eigenvalue weighted by atomic mass is 19.1. The molecule has 3 N–H and O–H groups in total. The lowest BCUT2D eigenvalue weighted by atomic mass is 9.98. The molecule has 0 unspecified atom stereocenters. The molecule has 3 rings (SSSR count). The Morgan fingerprint density at radius 1 is 1.08 bits per heavy atom. The fourth-order valence-electron chi connectivity index (χ4n) is 4.06. The molecule has 37 heavy (non-hydrogen) atoms. The normalized spacial score (nSPS) is 13.2. The maximum absolute atomic E-state index is 13.6.